The number of ether oxygens (including phenoxy) is 4. The predicted molar refractivity (Wildman–Crippen MR) is 89.3 cm³/mol. The Balaban J connectivity index is 2.24. The van der Waals surface area contributed by atoms with Crippen LogP contribution in [0.4, 0.5) is 0 Å². The quantitative estimate of drug-likeness (QED) is 0.237. The summed E-state index contributed by atoms with van der Waals surface area (Å²) in [5.41, 5.74) is -0.0246. The molecule has 11 heteroatoms. The van der Waals surface area contributed by atoms with Gasteiger partial charge in [-0.3, -0.25) is 4.79 Å². The Morgan fingerprint density at radius 2 is 1.89 bits per heavy atom. The van der Waals surface area contributed by atoms with Crippen molar-refractivity contribution in [1.29, 1.82) is 0 Å². The van der Waals surface area contributed by atoms with Gasteiger partial charge in [0, 0.05) is 11.8 Å². The van der Waals surface area contributed by atoms with E-state index in [1.54, 1.807) is 0 Å². The lowest BCUT2D eigenvalue weighted by atomic mass is 9.81. The first kappa shape index (κ1) is 22.3. The first-order valence-corrected chi connectivity index (χ1v) is 8.49. The molecule has 1 saturated heterocycles. The Morgan fingerprint density at radius 1 is 1.21 bits per heavy atom. The predicted octanol–water partition coefficient (Wildman–Crippen LogP) is -1.89. The molecular weight excluding hydrogens is 380 g/mol. The second-order valence-corrected chi connectivity index (χ2v) is 6.42. The standard InChI is InChI=1S/C17H24O11/c1-3-7-8(4-11(19)20)9(15(24)25-2)6-26-16(7)28-17-14(23)13(22)12(21)10(5-18)27-17/h3,6-8,10,12-14,16-18,21-23H,1,4-5H2,2H3,(H,19,20)/t7-,8+,10-,12-,13+,14-,16+,17-/m1/s1. The van der Waals surface area contributed by atoms with E-state index in [2.05, 4.69) is 11.3 Å². The van der Waals surface area contributed by atoms with Gasteiger partial charge in [-0.1, -0.05) is 6.08 Å². The van der Waals surface area contributed by atoms with Crippen molar-refractivity contribution in [3.63, 3.8) is 0 Å². The van der Waals surface area contributed by atoms with E-state index >= 15 is 0 Å². The van der Waals surface area contributed by atoms with Gasteiger partial charge in [-0.2, -0.15) is 0 Å². The zero-order valence-corrected chi connectivity index (χ0v) is 15.1. The van der Waals surface area contributed by atoms with Crippen LogP contribution in [0.25, 0.3) is 0 Å². The van der Waals surface area contributed by atoms with Gasteiger partial charge in [0.25, 0.3) is 0 Å². The highest BCUT2D eigenvalue weighted by Crippen LogP contribution is 2.36. The van der Waals surface area contributed by atoms with E-state index in [1.807, 2.05) is 0 Å². The van der Waals surface area contributed by atoms with Crippen LogP contribution in [0.15, 0.2) is 24.5 Å². The van der Waals surface area contributed by atoms with E-state index in [0.717, 1.165) is 13.4 Å². The minimum Gasteiger partial charge on any atom is -0.481 e. The maximum atomic E-state index is 11.9. The number of rotatable bonds is 7. The molecule has 0 aliphatic carbocycles. The van der Waals surface area contributed by atoms with E-state index in [4.69, 9.17) is 14.2 Å². The summed E-state index contributed by atoms with van der Waals surface area (Å²) in [6.45, 7) is 2.97. The number of esters is 1. The highest BCUT2D eigenvalue weighted by atomic mass is 16.8. The molecule has 1 fully saturated rings. The van der Waals surface area contributed by atoms with Crippen molar-refractivity contribution in [2.75, 3.05) is 13.7 Å². The number of carbonyl (C=O) groups is 2. The molecule has 2 rings (SSSR count). The smallest absolute Gasteiger partial charge is 0.337 e. The number of aliphatic hydroxyl groups is 4. The fourth-order valence-corrected chi connectivity index (χ4v) is 3.18. The molecule has 0 radical (unpaired) electrons. The number of aliphatic hydroxyl groups excluding tert-OH is 4. The highest BCUT2D eigenvalue weighted by Gasteiger charge is 2.47. The van der Waals surface area contributed by atoms with Crippen LogP contribution in [-0.2, 0) is 28.5 Å². The number of aliphatic carboxylic acids is 1. The van der Waals surface area contributed by atoms with Crippen LogP contribution < -0.4 is 0 Å². The SMILES string of the molecule is C=C[C@H]1[C@H](O[C@H]2O[C@H](CO)[C@@H](O)[C@H](O)[C@H]2O)OC=C(C(=O)OC)[C@H]1CC(=O)O. The third kappa shape index (κ3) is 4.51. The molecule has 0 aromatic heterocycles. The van der Waals surface area contributed by atoms with Crippen molar-refractivity contribution < 1.29 is 54.1 Å². The van der Waals surface area contributed by atoms with Crippen LogP contribution in [0.5, 0.6) is 0 Å². The Kier molecular flexibility index (Phi) is 7.52. The van der Waals surface area contributed by atoms with Gasteiger partial charge in [0.1, 0.15) is 24.4 Å². The maximum Gasteiger partial charge on any atom is 0.337 e. The van der Waals surface area contributed by atoms with E-state index in [9.17, 15) is 35.1 Å². The lowest BCUT2D eigenvalue weighted by Gasteiger charge is -2.42. The molecule has 0 aromatic rings. The third-order valence-electron chi connectivity index (χ3n) is 4.71. The molecular formula is C17H24O11. The Hall–Kier alpha value is -2.02. The van der Waals surface area contributed by atoms with Gasteiger partial charge < -0.3 is 44.5 Å². The molecule has 0 spiro atoms. The first-order chi connectivity index (χ1) is 13.2. The average molecular weight is 404 g/mol. The van der Waals surface area contributed by atoms with Crippen LogP contribution in [0.2, 0.25) is 0 Å². The summed E-state index contributed by atoms with van der Waals surface area (Å²) in [5, 5.41) is 48.2. The molecule has 0 saturated carbocycles. The van der Waals surface area contributed by atoms with Crippen molar-refractivity contribution in [2.24, 2.45) is 11.8 Å². The zero-order valence-electron chi connectivity index (χ0n) is 15.1. The van der Waals surface area contributed by atoms with Gasteiger partial charge >= 0.3 is 11.9 Å². The molecule has 158 valence electrons. The van der Waals surface area contributed by atoms with Crippen molar-refractivity contribution in [3.05, 3.63) is 24.5 Å². The largest absolute Gasteiger partial charge is 0.481 e. The number of carbonyl (C=O) groups excluding carboxylic acids is 1. The van der Waals surface area contributed by atoms with E-state index in [-0.39, 0.29) is 5.57 Å². The maximum absolute atomic E-state index is 11.9. The minimum atomic E-state index is -1.67. The fourth-order valence-electron chi connectivity index (χ4n) is 3.18. The number of methoxy groups -OCH3 is 1. The lowest BCUT2D eigenvalue weighted by molar-refractivity contribution is -0.339. The van der Waals surface area contributed by atoms with E-state index < -0.39 is 73.8 Å². The topological polar surface area (TPSA) is 172 Å². The highest BCUT2D eigenvalue weighted by molar-refractivity contribution is 5.89. The molecule has 28 heavy (non-hydrogen) atoms. The van der Waals surface area contributed by atoms with E-state index in [1.165, 1.54) is 6.08 Å². The normalized spacial score (nSPS) is 38.1. The summed E-state index contributed by atoms with van der Waals surface area (Å²) in [5.74, 6) is -3.70. The summed E-state index contributed by atoms with van der Waals surface area (Å²) >= 11 is 0. The molecule has 5 N–H and O–H groups in total. The molecule has 0 aromatic carbocycles. The first-order valence-electron chi connectivity index (χ1n) is 8.49. The molecule has 2 aliphatic rings. The van der Waals surface area contributed by atoms with Gasteiger partial charge in [-0.15, -0.1) is 6.58 Å². The summed E-state index contributed by atoms with van der Waals surface area (Å²) < 4.78 is 20.8. The van der Waals surface area contributed by atoms with Gasteiger partial charge in [0.05, 0.1) is 32.0 Å². The lowest BCUT2D eigenvalue weighted by Crippen LogP contribution is -2.60. The molecule has 2 aliphatic heterocycles. The van der Waals surface area contributed by atoms with Crippen molar-refractivity contribution in [3.8, 4) is 0 Å². The fraction of sp³-hybridized carbons (Fsp3) is 0.647. The molecule has 2 heterocycles. The second-order valence-electron chi connectivity index (χ2n) is 6.42. The number of carboxylic acid groups (broad SMARTS) is 1. The third-order valence-corrected chi connectivity index (χ3v) is 4.71. The number of carboxylic acids is 1. The summed E-state index contributed by atoms with van der Waals surface area (Å²) in [6, 6.07) is 0. The summed E-state index contributed by atoms with van der Waals surface area (Å²) in [4.78, 5) is 23.2. The van der Waals surface area contributed by atoms with Crippen molar-refractivity contribution in [2.45, 2.75) is 43.4 Å². The minimum absolute atomic E-state index is 0.0246. The van der Waals surface area contributed by atoms with Crippen LogP contribution in [0, 0.1) is 11.8 Å². The molecule has 0 amide bonds. The van der Waals surface area contributed by atoms with Gasteiger partial charge in [-0.25, -0.2) is 4.79 Å². The Morgan fingerprint density at radius 3 is 2.43 bits per heavy atom. The molecule has 11 nitrogen and oxygen atoms in total. The van der Waals surface area contributed by atoms with Crippen molar-refractivity contribution >= 4 is 11.9 Å². The van der Waals surface area contributed by atoms with Gasteiger partial charge in [0.15, 0.2) is 6.29 Å². The average Bonchev–Trinajstić information content (AvgIpc) is 2.67. The molecule has 0 bridgehead atoms. The van der Waals surface area contributed by atoms with Crippen LogP contribution in [-0.4, -0.2) is 88.2 Å². The van der Waals surface area contributed by atoms with Gasteiger partial charge in [-0.05, 0) is 0 Å². The zero-order chi connectivity index (χ0) is 21.0. The monoisotopic (exact) mass is 404 g/mol. The van der Waals surface area contributed by atoms with Crippen LogP contribution in [0.1, 0.15) is 6.42 Å². The van der Waals surface area contributed by atoms with Crippen LogP contribution >= 0.6 is 0 Å². The molecule has 0 unspecified atom stereocenters. The Labute approximate surface area is 160 Å². The van der Waals surface area contributed by atoms with E-state index in [0.29, 0.717) is 0 Å². The van der Waals surface area contributed by atoms with Crippen LogP contribution in [0.3, 0.4) is 0 Å². The van der Waals surface area contributed by atoms with Gasteiger partial charge in [0.2, 0.25) is 6.29 Å². The molecule has 8 atom stereocenters. The Bertz CT molecular complexity index is 616. The summed E-state index contributed by atoms with van der Waals surface area (Å²) in [7, 11) is 1.14. The number of hydrogen-bond donors (Lipinski definition) is 5. The second kappa shape index (κ2) is 9.45. The van der Waals surface area contributed by atoms with Crippen molar-refractivity contribution in [1.82, 2.24) is 0 Å². The summed E-state index contributed by atoms with van der Waals surface area (Å²) in [6.07, 6.45) is -6.91. The number of hydrogen-bond acceptors (Lipinski definition) is 10.